The van der Waals surface area contributed by atoms with E-state index in [4.69, 9.17) is 16.3 Å². The van der Waals surface area contributed by atoms with Gasteiger partial charge < -0.3 is 14.4 Å². The number of aryl methyl sites for hydroxylation is 1. The van der Waals surface area contributed by atoms with Crippen LogP contribution in [-0.2, 0) is 39.3 Å². The minimum Gasteiger partial charge on any atom is -0.481 e. The largest absolute Gasteiger partial charge is 0.481 e. The number of carbonyl (C=O) groups excluding carboxylic acids is 1. The number of hydrogen-bond donors (Lipinski definition) is 1. The Bertz CT molecular complexity index is 1130. The highest BCUT2D eigenvalue weighted by molar-refractivity contribution is 6.31. The van der Waals surface area contributed by atoms with Gasteiger partial charge in [-0.05, 0) is 49.1 Å². The molecule has 0 saturated carbocycles. The number of aromatic nitrogens is 3. The molecule has 0 aliphatic rings. The van der Waals surface area contributed by atoms with Gasteiger partial charge in [0.1, 0.15) is 11.7 Å². The average Bonchev–Trinajstić information content (AvgIpc) is 3.20. The first-order valence-corrected chi connectivity index (χ1v) is 11.7. The Morgan fingerprint density at radius 3 is 2.53 bits per heavy atom. The van der Waals surface area contributed by atoms with Gasteiger partial charge in [0.2, 0.25) is 0 Å². The van der Waals surface area contributed by atoms with E-state index in [-0.39, 0.29) is 6.42 Å². The summed E-state index contributed by atoms with van der Waals surface area (Å²) in [4.78, 5) is 33.4. The molecule has 1 aromatic carbocycles. The third kappa shape index (κ3) is 5.83. The summed E-state index contributed by atoms with van der Waals surface area (Å²) in [5.41, 5.74) is 0.700. The molecule has 3 aromatic rings. The van der Waals surface area contributed by atoms with Crippen molar-refractivity contribution in [1.29, 1.82) is 0 Å². The van der Waals surface area contributed by atoms with Gasteiger partial charge >= 0.3 is 11.9 Å². The summed E-state index contributed by atoms with van der Waals surface area (Å²) in [7, 11) is 0. The molecular weight excluding hydrogens is 454 g/mol. The number of aliphatic carboxylic acids is 1. The maximum atomic E-state index is 12.6. The fraction of sp³-hybridized carbons (Fsp3) is 0.385. The molecule has 0 spiro atoms. The predicted molar refractivity (Wildman–Crippen MR) is 130 cm³/mol. The first-order valence-electron chi connectivity index (χ1n) is 11.4. The van der Waals surface area contributed by atoms with Crippen molar-refractivity contribution in [1.82, 2.24) is 14.5 Å². The van der Waals surface area contributed by atoms with Crippen LogP contribution in [0.4, 0.5) is 0 Å². The lowest BCUT2D eigenvalue weighted by atomic mass is 9.81. The van der Waals surface area contributed by atoms with Gasteiger partial charge in [-0.1, -0.05) is 43.1 Å². The van der Waals surface area contributed by atoms with Gasteiger partial charge in [0.05, 0.1) is 18.4 Å². The number of pyridine rings is 1. The molecule has 0 bridgehead atoms. The fourth-order valence-electron chi connectivity index (χ4n) is 4.19. The topological polar surface area (TPSA) is 94.3 Å². The number of benzene rings is 1. The number of ether oxygens (including phenoxy) is 1. The maximum Gasteiger partial charge on any atom is 0.311 e. The van der Waals surface area contributed by atoms with E-state index in [0.29, 0.717) is 23.7 Å². The average molecular weight is 484 g/mol. The van der Waals surface area contributed by atoms with Crippen LogP contribution in [0.2, 0.25) is 5.02 Å². The summed E-state index contributed by atoms with van der Waals surface area (Å²) >= 11 is 6.45. The van der Waals surface area contributed by atoms with Crippen molar-refractivity contribution in [3.05, 3.63) is 82.7 Å². The number of unbranched alkanes of at least 4 members (excludes halogenated alkanes) is 1. The van der Waals surface area contributed by atoms with E-state index in [9.17, 15) is 14.7 Å². The number of imidazole rings is 1. The Morgan fingerprint density at radius 1 is 1.21 bits per heavy atom. The van der Waals surface area contributed by atoms with Crippen LogP contribution >= 0.6 is 11.6 Å². The van der Waals surface area contributed by atoms with E-state index in [1.807, 2.05) is 28.8 Å². The molecule has 0 radical (unpaired) electrons. The molecule has 0 aliphatic carbocycles. The second-order valence-corrected chi connectivity index (χ2v) is 8.90. The number of esters is 1. The van der Waals surface area contributed by atoms with Crippen LogP contribution in [0.15, 0.2) is 55.0 Å². The van der Waals surface area contributed by atoms with Gasteiger partial charge in [-0.15, -0.1) is 0 Å². The van der Waals surface area contributed by atoms with E-state index in [1.54, 1.807) is 37.6 Å². The van der Waals surface area contributed by atoms with Crippen LogP contribution in [0.1, 0.15) is 56.3 Å². The van der Waals surface area contributed by atoms with Crippen LogP contribution < -0.4 is 0 Å². The number of carbonyl (C=O) groups is 2. The van der Waals surface area contributed by atoms with Crippen molar-refractivity contribution in [3.8, 4) is 0 Å². The highest BCUT2D eigenvalue weighted by atomic mass is 35.5. The lowest BCUT2D eigenvalue weighted by molar-refractivity contribution is -0.172. The normalized spacial score (nSPS) is 13.8. The molecule has 2 atom stereocenters. The minimum atomic E-state index is -1.47. The molecule has 7 nitrogen and oxygen atoms in total. The van der Waals surface area contributed by atoms with Crippen molar-refractivity contribution in [2.75, 3.05) is 0 Å². The third-order valence-electron chi connectivity index (χ3n) is 6.00. The molecule has 0 amide bonds. The molecule has 0 fully saturated rings. The predicted octanol–water partition coefficient (Wildman–Crippen LogP) is 5.04. The molecule has 2 aromatic heterocycles. The van der Waals surface area contributed by atoms with E-state index in [0.717, 1.165) is 29.8 Å². The minimum absolute atomic E-state index is 0.156. The van der Waals surface area contributed by atoms with E-state index >= 15 is 0 Å². The van der Waals surface area contributed by atoms with Crippen molar-refractivity contribution in [3.63, 3.8) is 0 Å². The number of halogens is 1. The highest BCUT2D eigenvalue weighted by Crippen LogP contribution is 2.38. The van der Waals surface area contributed by atoms with Crippen LogP contribution in [0, 0.1) is 5.92 Å². The Kier molecular flexibility index (Phi) is 8.45. The summed E-state index contributed by atoms with van der Waals surface area (Å²) in [6.07, 6.45) is 7.62. The second kappa shape index (κ2) is 11.3. The van der Waals surface area contributed by atoms with Crippen LogP contribution in [0.25, 0.3) is 0 Å². The number of carboxylic acid groups (broad SMARTS) is 1. The van der Waals surface area contributed by atoms with E-state index < -0.39 is 23.5 Å². The van der Waals surface area contributed by atoms with E-state index in [1.165, 1.54) is 6.92 Å². The zero-order valence-electron chi connectivity index (χ0n) is 19.7. The SMILES string of the molecule is CCCCc1ncc(C(C)(OC(C)=O)C(Cc2ccncc2)C(=O)O)n1Cc1ccccc1Cl. The van der Waals surface area contributed by atoms with Crippen LogP contribution in [0.3, 0.4) is 0 Å². The van der Waals surface area contributed by atoms with Crippen molar-refractivity contribution >= 4 is 23.5 Å². The van der Waals surface area contributed by atoms with Gasteiger partial charge in [0.15, 0.2) is 5.60 Å². The van der Waals surface area contributed by atoms with Gasteiger partial charge in [-0.3, -0.25) is 14.6 Å². The second-order valence-electron chi connectivity index (χ2n) is 8.49. The Hall–Kier alpha value is -3.19. The lowest BCUT2D eigenvalue weighted by Crippen LogP contribution is -2.44. The molecule has 2 unspecified atom stereocenters. The van der Waals surface area contributed by atoms with Gasteiger partial charge in [-0.2, -0.15) is 0 Å². The maximum absolute atomic E-state index is 12.6. The monoisotopic (exact) mass is 483 g/mol. The number of rotatable bonds is 11. The standard InChI is InChI=1S/C26H30ClN3O4/c1-4-5-10-24-29-16-23(30(24)17-20-8-6-7-9-22(20)27)26(3,34-18(2)31)21(25(32)33)15-19-11-13-28-14-12-19/h6-9,11-14,16,21H,4-5,10,15,17H2,1-3H3,(H,32,33). The molecule has 0 aliphatic heterocycles. The van der Waals surface area contributed by atoms with Gasteiger partial charge in [0, 0.05) is 30.8 Å². The molecule has 0 saturated heterocycles. The van der Waals surface area contributed by atoms with Gasteiger partial charge in [-0.25, -0.2) is 4.98 Å². The zero-order valence-corrected chi connectivity index (χ0v) is 20.5. The van der Waals surface area contributed by atoms with E-state index in [2.05, 4.69) is 16.9 Å². The molecule has 8 heteroatoms. The quantitative estimate of drug-likeness (QED) is 0.384. The van der Waals surface area contributed by atoms with Gasteiger partial charge in [0.25, 0.3) is 0 Å². The Balaban J connectivity index is 2.15. The van der Waals surface area contributed by atoms with Crippen molar-refractivity contribution in [2.24, 2.45) is 5.92 Å². The van der Waals surface area contributed by atoms with Crippen LogP contribution in [0.5, 0.6) is 0 Å². The lowest BCUT2D eigenvalue weighted by Gasteiger charge is -2.35. The van der Waals surface area contributed by atoms with Crippen LogP contribution in [-0.4, -0.2) is 31.6 Å². The molecule has 2 heterocycles. The first-order chi connectivity index (χ1) is 16.3. The zero-order chi connectivity index (χ0) is 24.7. The summed E-state index contributed by atoms with van der Waals surface area (Å²) in [6, 6.07) is 11.0. The molecular formula is C26H30ClN3O4. The third-order valence-corrected chi connectivity index (χ3v) is 6.36. The fourth-order valence-corrected chi connectivity index (χ4v) is 4.39. The summed E-state index contributed by atoms with van der Waals surface area (Å²) in [6.45, 7) is 5.42. The molecule has 3 rings (SSSR count). The molecule has 1 N–H and O–H groups in total. The summed E-state index contributed by atoms with van der Waals surface area (Å²) < 4.78 is 7.76. The first kappa shape index (κ1) is 25.4. The number of carboxylic acids is 1. The van der Waals surface area contributed by atoms with Crippen molar-refractivity contribution < 1.29 is 19.4 Å². The smallest absolute Gasteiger partial charge is 0.311 e. The molecule has 180 valence electrons. The number of hydrogen-bond acceptors (Lipinski definition) is 5. The Labute approximate surface area is 204 Å². The highest BCUT2D eigenvalue weighted by Gasteiger charge is 2.46. The Morgan fingerprint density at radius 2 is 1.91 bits per heavy atom. The number of nitrogens with zero attached hydrogens (tertiary/aromatic N) is 3. The molecule has 34 heavy (non-hydrogen) atoms. The summed E-state index contributed by atoms with van der Waals surface area (Å²) in [5.74, 6) is -1.90. The summed E-state index contributed by atoms with van der Waals surface area (Å²) in [5, 5.41) is 10.9. The van der Waals surface area contributed by atoms with Crippen molar-refractivity contribution in [2.45, 2.75) is 58.6 Å².